The Kier molecular flexibility index (Phi) is 5.09. The SMILES string of the molecule is Cl.N#Cc1cccc([C@@H](N)CO)c1. The summed E-state index contributed by atoms with van der Waals surface area (Å²) in [7, 11) is 0. The third kappa shape index (κ3) is 3.03. The van der Waals surface area contributed by atoms with Crippen molar-refractivity contribution >= 4 is 12.4 Å². The maximum absolute atomic E-state index is 8.74. The molecule has 0 saturated heterocycles. The molecule has 0 unspecified atom stereocenters. The van der Waals surface area contributed by atoms with Crippen molar-refractivity contribution in [1.29, 1.82) is 5.26 Å². The standard InChI is InChI=1S/C9H10N2O.ClH/c10-5-7-2-1-3-8(4-7)9(11)6-12;/h1-4,9,12H,6,11H2;1H/t9-;/m0./s1. The van der Waals surface area contributed by atoms with E-state index in [0.717, 1.165) is 5.56 Å². The molecule has 13 heavy (non-hydrogen) atoms. The molecule has 0 heterocycles. The van der Waals surface area contributed by atoms with Gasteiger partial charge in [0.1, 0.15) is 0 Å². The third-order valence-electron chi connectivity index (χ3n) is 1.64. The van der Waals surface area contributed by atoms with Crippen LogP contribution in [-0.4, -0.2) is 11.7 Å². The van der Waals surface area contributed by atoms with E-state index in [1.807, 2.05) is 6.07 Å². The molecule has 0 aliphatic heterocycles. The number of hydrogen-bond acceptors (Lipinski definition) is 3. The van der Waals surface area contributed by atoms with Crippen LogP contribution in [0.2, 0.25) is 0 Å². The molecule has 0 aliphatic rings. The highest BCUT2D eigenvalue weighted by atomic mass is 35.5. The number of halogens is 1. The van der Waals surface area contributed by atoms with Gasteiger partial charge in [-0.3, -0.25) is 0 Å². The predicted octanol–water partition coefficient (Wildman–Crippen LogP) is 0.972. The average molecular weight is 199 g/mol. The molecule has 0 amide bonds. The van der Waals surface area contributed by atoms with Gasteiger partial charge in [0.05, 0.1) is 24.3 Å². The zero-order chi connectivity index (χ0) is 8.97. The second kappa shape index (κ2) is 5.55. The highest BCUT2D eigenvalue weighted by Crippen LogP contribution is 2.10. The van der Waals surface area contributed by atoms with Gasteiger partial charge in [-0.05, 0) is 17.7 Å². The first kappa shape index (κ1) is 11.9. The maximum atomic E-state index is 8.74. The lowest BCUT2D eigenvalue weighted by molar-refractivity contribution is 0.268. The van der Waals surface area contributed by atoms with E-state index in [-0.39, 0.29) is 19.0 Å². The molecular formula is C9H11ClN2O. The van der Waals surface area contributed by atoms with Crippen molar-refractivity contribution in [3.63, 3.8) is 0 Å². The van der Waals surface area contributed by atoms with Crippen LogP contribution in [0.5, 0.6) is 0 Å². The Bertz CT molecular complexity index is 309. The van der Waals surface area contributed by atoms with E-state index >= 15 is 0 Å². The van der Waals surface area contributed by atoms with E-state index in [9.17, 15) is 0 Å². The molecule has 0 fully saturated rings. The predicted molar refractivity (Wildman–Crippen MR) is 52.4 cm³/mol. The summed E-state index contributed by atoms with van der Waals surface area (Å²) in [6.45, 7) is -0.102. The van der Waals surface area contributed by atoms with Gasteiger partial charge in [0.25, 0.3) is 0 Å². The topological polar surface area (TPSA) is 70.0 Å². The Morgan fingerprint density at radius 1 is 1.54 bits per heavy atom. The fourth-order valence-electron chi connectivity index (χ4n) is 0.944. The van der Waals surface area contributed by atoms with E-state index < -0.39 is 6.04 Å². The van der Waals surface area contributed by atoms with Crippen LogP contribution in [0.1, 0.15) is 17.2 Å². The van der Waals surface area contributed by atoms with Crippen molar-refractivity contribution in [2.75, 3.05) is 6.61 Å². The summed E-state index contributed by atoms with van der Waals surface area (Å²) in [4.78, 5) is 0. The average Bonchev–Trinajstić information content (AvgIpc) is 2.17. The number of benzene rings is 1. The van der Waals surface area contributed by atoms with Crippen LogP contribution in [0.3, 0.4) is 0 Å². The quantitative estimate of drug-likeness (QED) is 0.744. The number of nitrogens with two attached hydrogens (primary N) is 1. The molecule has 1 aromatic rings. The van der Waals surface area contributed by atoms with Crippen LogP contribution in [0.25, 0.3) is 0 Å². The van der Waals surface area contributed by atoms with Crippen LogP contribution in [-0.2, 0) is 0 Å². The van der Waals surface area contributed by atoms with Crippen molar-refractivity contribution in [1.82, 2.24) is 0 Å². The molecule has 0 saturated carbocycles. The van der Waals surface area contributed by atoms with Crippen molar-refractivity contribution in [3.05, 3.63) is 35.4 Å². The highest BCUT2D eigenvalue weighted by molar-refractivity contribution is 5.85. The summed E-state index contributed by atoms with van der Waals surface area (Å²) >= 11 is 0. The minimum absolute atomic E-state index is 0. The van der Waals surface area contributed by atoms with Gasteiger partial charge in [0.15, 0.2) is 0 Å². The summed E-state index contributed by atoms with van der Waals surface area (Å²) in [5, 5.41) is 17.3. The van der Waals surface area contributed by atoms with Crippen LogP contribution < -0.4 is 5.73 Å². The first-order chi connectivity index (χ1) is 5.77. The summed E-state index contributed by atoms with van der Waals surface area (Å²) in [5.41, 5.74) is 6.91. The van der Waals surface area contributed by atoms with Gasteiger partial charge in [-0.15, -0.1) is 12.4 Å². The molecule has 0 aliphatic carbocycles. The van der Waals surface area contributed by atoms with Crippen molar-refractivity contribution in [3.8, 4) is 6.07 Å². The van der Waals surface area contributed by atoms with Crippen molar-refractivity contribution < 1.29 is 5.11 Å². The van der Waals surface area contributed by atoms with E-state index in [1.165, 1.54) is 0 Å². The second-order valence-corrected chi connectivity index (χ2v) is 2.53. The minimum Gasteiger partial charge on any atom is -0.394 e. The number of aliphatic hydroxyl groups excluding tert-OH is 1. The zero-order valence-corrected chi connectivity index (χ0v) is 7.79. The van der Waals surface area contributed by atoms with Gasteiger partial charge in [-0.2, -0.15) is 5.26 Å². The third-order valence-corrected chi connectivity index (χ3v) is 1.64. The Labute approximate surface area is 83.2 Å². The van der Waals surface area contributed by atoms with Crippen LogP contribution in [0.4, 0.5) is 0 Å². The molecule has 3 N–H and O–H groups in total. The summed E-state index contributed by atoms with van der Waals surface area (Å²) in [6, 6.07) is 8.55. The van der Waals surface area contributed by atoms with Gasteiger partial charge in [0, 0.05) is 0 Å². The lowest BCUT2D eigenvalue weighted by Crippen LogP contribution is -2.14. The first-order valence-electron chi connectivity index (χ1n) is 3.64. The molecule has 0 aromatic heterocycles. The van der Waals surface area contributed by atoms with Gasteiger partial charge >= 0.3 is 0 Å². The van der Waals surface area contributed by atoms with Crippen molar-refractivity contribution in [2.24, 2.45) is 5.73 Å². The van der Waals surface area contributed by atoms with E-state index in [0.29, 0.717) is 5.56 Å². The van der Waals surface area contributed by atoms with E-state index in [4.69, 9.17) is 16.1 Å². The van der Waals surface area contributed by atoms with Crippen LogP contribution in [0.15, 0.2) is 24.3 Å². The molecule has 0 bridgehead atoms. The molecule has 0 spiro atoms. The maximum Gasteiger partial charge on any atom is 0.0991 e. The monoisotopic (exact) mass is 198 g/mol. The largest absolute Gasteiger partial charge is 0.394 e. The molecule has 70 valence electrons. The van der Waals surface area contributed by atoms with Gasteiger partial charge in [-0.25, -0.2) is 0 Å². The number of nitriles is 1. The lowest BCUT2D eigenvalue weighted by atomic mass is 10.1. The molecule has 1 atom stereocenters. The zero-order valence-electron chi connectivity index (χ0n) is 6.97. The number of rotatable bonds is 2. The molecule has 3 nitrogen and oxygen atoms in total. The summed E-state index contributed by atoms with van der Waals surface area (Å²) in [5.74, 6) is 0. The fraction of sp³-hybridized carbons (Fsp3) is 0.222. The Morgan fingerprint density at radius 2 is 2.23 bits per heavy atom. The molecule has 1 aromatic carbocycles. The first-order valence-corrected chi connectivity index (χ1v) is 3.64. The van der Waals surface area contributed by atoms with Gasteiger partial charge in [0.2, 0.25) is 0 Å². The number of nitrogens with zero attached hydrogens (tertiary/aromatic N) is 1. The highest BCUT2D eigenvalue weighted by Gasteiger charge is 2.03. The number of aliphatic hydroxyl groups is 1. The Hall–Kier alpha value is -1.08. The van der Waals surface area contributed by atoms with Gasteiger partial charge < -0.3 is 10.8 Å². The number of hydrogen-bond donors (Lipinski definition) is 2. The Morgan fingerprint density at radius 3 is 2.77 bits per heavy atom. The smallest absolute Gasteiger partial charge is 0.0991 e. The molecular weight excluding hydrogens is 188 g/mol. The minimum atomic E-state index is -0.390. The van der Waals surface area contributed by atoms with Gasteiger partial charge in [-0.1, -0.05) is 12.1 Å². The van der Waals surface area contributed by atoms with Crippen LogP contribution in [0, 0.1) is 11.3 Å². The summed E-state index contributed by atoms with van der Waals surface area (Å²) < 4.78 is 0. The van der Waals surface area contributed by atoms with Crippen molar-refractivity contribution in [2.45, 2.75) is 6.04 Å². The van der Waals surface area contributed by atoms with E-state index in [1.54, 1.807) is 24.3 Å². The second-order valence-electron chi connectivity index (χ2n) is 2.53. The molecule has 4 heteroatoms. The molecule has 1 rings (SSSR count). The van der Waals surface area contributed by atoms with E-state index in [2.05, 4.69) is 0 Å². The van der Waals surface area contributed by atoms with Crippen LogP contribution >= 0.6 is 12.4 Å². The summed E-state index contributed by atoms with van der Waals surface area (Å²) in [6.07, 6.45) is 0. The normalized spacial score (nSPS) is 11.2. The lowest BCUT2D eigenvalue weighted by Gasteiger charge is -2.07. The fourth-order valence-corrected chi connectivity index (χ4v) is 0.944. The Balaban J connectivity index is 0.00000144. The molecule has 0 radical (unpaired) electrons.